The van der Waals surface area contributed by atoms with E-state index < -0.39 is 5.91 Å². The molecule has 1 amide bonds. The molecule has 0 aliphatic carbocycles. The third-order valence-electron chi connectivity index (χ3n) is 3.67. The largest absolute Gasteiger partial charge is 0.454 e. The lowest BCUT2D eigenvalue weighted by Gasteiger charge is -2.10. The summed E-state index contributed by atoms with van der Waals surface area (Å²) in [5.74, 6) is 0.642. The standard InChI is InChI=1S/C16H15ClN2O4/c17-13-6-15-14(22-9-23-15)5-10(13)4-11(7-18)16(20)19-8-12-2-1-3-21-12/h4-6,12H,1-3,8-9H2,(H,19,20)/b11-4-/t12-/m0/s1. The van der Waals surface area contributed by atoms with E-state index in [9.17, 15) is 10.1 Å². The zero-order chi connectivity index (χ0) is 16.2. The lowest BCUT2D eigenvalue weighted by molar-refractivity contribution is -0.117. The number of nitrogens with one attached hydrogen (secondary N) is 1. The minimum Gasteiger partial charge on any atom is -0.454 e. The summed E-state index contributed by atoms with van der Waals surface area (Å²) in [4.78, 5) is 12.1. The molecule has 1 N–H and O–H groups in total. The van der Waals surface area contributed by atoms with Crippen LogP contribution in [0.5, 0.6) is 11.5 Å². The molecule has 0 bridgehead atoms. The molecule has 7 heteroatoms. The van der Waals surface area contributed by atoms with Gasteiger partial charge in [0.1, 0.15) is 11.6 Å². The van der Waals surface area contributed by atoms with Gasteiger partial charge in [-0.25, -0.2) is 0 Å². The van der Waals surface area contributed by atoms with Crippen LogP contribution in [0.25, 0.3) is 6.08 Å². The van der Waals surface area contributed by atoms with Gasteiger partial charge in [-0.15, -0.1) is 0 Å². The molecule has 0 spiro atoms. The van der Waals surface area contributed by atoms with Crippen LogP contribution in [-0.4, -0.2) is 32.0 Å². The monoisotopic (exact) mass is 334 g/mol. The Balaban J connectivity index is 1.73. The normalized spacial score (nSPS) is 19.5. The van der Waals surface area contributed by atoms with Gasteiger partial charge >= 0.3 is 0 Å². The summed E-state index contributed by atoms with van der Waals surface area (Å²) in [6.07, 6.45) is 3.37. The molecule has 0 saturated carbocycles. The van der Waals surface area contributed by atoms with E-state index in [-0.39, 0.29) is 18.5 Å². The summed E-state index contributed by atoms with van der Waals surface area (Å²) in [5, 5.41) is 12.3. The molecule has 2 aliphatic rings. The minimum atomic E-state index is -0.447. The van der Waals surface area contributed by atoms with Crippen molar-refractivity contribution in [3.05, 3.63) is 28.3 Å². The lowest BCUT2D eigenvalue weighted by Crippen LogP contribution is -2.32. The molecule has 0 unspecified atom stereocenters. The first-order valence-electron chi connectivity index (χ1n) is 7.28. The number of rotatable bonds is 4. The summed E-state index contributed by atoms with van der Waals surface area (Å²) in [6.45, 7) is 1.24. The number of hydrogen-bond donors (Lipinski definition) is 1. The quantitative estimate of drug-likeness (QED) is 0.675. The van der Waals surface area contributed by atoms with Crippen molar-refractivity contribution in [3.63, 3.8) is 0 Å². The maximum atomic E-state index is 12.1. The molecular weight excluding hydrogens is 320 g/mol. The van der Waals surface area contributed by atoms with Gasteiger partial charge in [-0.05, 0) is 30.5 Å². The van der Waals surface area contributed by atoms with Gasteiger partial charge in [-0.2, -0.15) is 5.26 Å². The molecule has 6 nitrogen and oxygen atoms in total. The van der Waals surface area contributed by atoms with E-state index in [0.717, 1.165) is 12.8 Å². The first-order chi connectivity index (χ1) is 11.2. The average Bonchev–Trinajstić information content (AvgIpc) is 3.21. The number of ether oxygens (including phenoxy) is 3. The predicted molar refractivity (Wildman–Crippen MR) is 83.1 cm³/mol. The van der Waals surface area contributed by atoms with Crippen LogP contribution in [0.15, 0.2) is 17.7 Å². The van der Waals surface area contributed by atoms with Crippen molar-refractivity contribution in [1.82, 2.24) is 5.32 Å². The van der Waals surface area contributed by atoms with Crippen LogP contribution in [-0.2, 0) is 9.53 Å². The predicted octanol–water partition coefficient (Wildman–Crippen LogP) is 2.27. The van der Waals surface area contributed by atoms with E-state index in [1.54, 1.807) is 12.1 Å². The first kappa shape index (κ1) is 15.7. The highest BCUT2D eigenvalue weighted by molar-refractivity contribution is 6.32. The van der Waals surface area contributed by atoms with Gasteiger partial charge in [0, 0.05) is 19.2 Å². The molecule has 1 atom stereocenters. The van der Waals surface area contributed by atoms with E-state index in [2.05, 4.69) is 5.32 Å². The fraction of sp³-hybridized carbons (Fsp3) is 0.375. The van der Waals surface area contributed by atoms with Gasteiger partial charge in [-0.1, -0.05) is 11.6 Å². The highest BCUT2D eigenvalue weighted by Gasteiger charge is 2.19. The van der Waals surface area contributed by atoms with Crippen LogP contribution in [0.2, 0.25) is 5.02 Å². The van der Waals surface area contributed by atoms with Crippen LogP contribution in [0.1, 0.15) is 18.4 Å². The Hall–Kier alpha value is -2.23. The second kappa shape index (κ2) is 6.90. The molecule has 1 saturated heterocycles. The molecule has 120 valence electrons. The Kier molecular flexibility index (Phi) is 4.70. The Morgan fingerprint density at radius 3 is 2.91 bits per heavy atom. The van der Waals surface area contributed by atoms with Crippen LogP contribution < -0.4 is 14.8 Å². The smallest absolute Gasteiger partial charge is 0.262 e. The number of nitriles is 1. The fourth-order valence-electron chi connectivity index (χ4n) is 2.45. The van der Waals surface area contributed by atoms with Crippen LogP contribution >= 0.6 is 11.6 Å². The molecule has 2 heterocycles. The second-order valence-corrected chi connectivity index (χ2v) is 5.65. The van der Waals surface area contributed by atoms with Crippen molar-refractivity contribution in [2.45, 2.75) is 18.9 Å². The highest BCUT2D eigenvalue weighted by atomic mass is 35.5. The minimum absolute atomic E-state index is 0.0213. The van der Waals surface area contributed by atoms with E-state index in [1.165, 1.54) is 6.08 Å². The first-order valence-corrected chi connectivity index (χ1v) is 7.66. The zero-order valence-corrected chi connectivity index (χ0v) is 13.1. The maximum Gasteiger partial charge on any atom is 0.262 e. The summed E-state index contributed by atoms with van der Waals surface area (Å²) < 4.78 is 15.9. The van der Waals surface area contributed by atoms with Crippen LogP contribution in [0.4, 0.5) is 0 Å². The second-order valence-electron chi connectivity index (χ2n) is 5.24. The number of amides is 1. The van der Waals surface area contributed by atoms with Gasteiger partial charge in [0.05, 0.1) is 11.1 Å². The molecule has 1 aromatic carbocycles. The molecule has 1 aromatic rings. The van der Waals surface area contributed by atoms with Crippen molar-refractivity contribution in [1.29, 1.82) is 5.26 Å². The number of hydrogen-bond acceptors (Lipinski definition) is 5. The Morgan fingerprint density at radius 2 is 2.22 bits per heavy atom. The summed E-state index contributed by atoms with van der Waals surface area (Å²) in [5.41, 5.74) is 0.503. The van der Waals surface area contributed by atoms with Crippen molar-refractivity contribution < 1.29 is 19.0 Å². The molecule has 1 fully saturated rings. The third-order valence-corrected chi connectivity index (χ3v) is 4.00. The van der Waals surface area contributed by atoms with Crippen molar-refractivity contribution in [2.24, 2.45) is 0 Å². The van der Waals surface area contributed by atoms with E-state index in [4.69, 9.17) is 25.8 Å². The van der Waals surface area contributed by atoms with E-state index >= 15 is 0 Å². The number of halogens is 1. The van der Waals surface area contributed by atoms with Gasteiger partial charge in [0.15, 0.2) is 11.5 Å². The van der Waals surface area contributed by atoms with Gasteiger partial charge in [0.25, 0.3) is 5.91 Å². The average molecular weight is 335 g/mol. The SMILES string of the molecule is N#C/C(=C/c1cc2c(cc1Cl)OCO2)C(=O)NC[C@@H]1CCCO1. The Morgan fingerprint density at radius 1 is 1.43 bits per heavy atom. The van der Waals surface area contributed by atoms with Crippen molar-refractivity contribution >= 4 is 23.6 Å². The number of nitrogens with zero attached hydrogens (tertiary/aromatic N) is 1. The maximum absolute atomic E-state index is 12.1. The topological polar surface area (TPSA) is 80.6 Å². The summed E-state index contributed by atoms with van der Waals surface area (Å²) in [6, 6.07) is 5.15. The molecule has 23 heavy (non-hydrogen) atoms. The number of carbonyl (C=O) groups excluding carboxylic acids is 1. The molecular formula is C16H15ClN2O4. The number of fused-ring (bicyclic) bond motifs is 1. The van der Waals surface area contributed by atoms with E-state index in [1.807, 2.05) is 6.07 Å². The van der Waals surface area contributed by atoms with Gasteiger partial charge in [0.2, 0.25) is 6.79 Å². The number of carbonyl (C=O) groups is 1. The lowest BCUT2D eigenvalue weighted by atomic mass is 10.1. The number of benzene rings is 1. The molecule has 0 aromatic heterocycles. The van der Waals surface area contributed by atoms with Crippen LogP contribution in [0, 0.1) is 11.3 Å². The Labute approximate surface area is 138 Å². The fourth-order valence-corrected chi connectivity index (χ4v) is 2.66. The molecule has 2 aliphatic heterocycles. The molecule has 3 rings (SSSR count). The molecule has 0 radical (unpaired) electrons. The third kappa shape index (κ3) is 3.58. The van der Waals surface area contributed by atoms with Gasteiger partial charge < -0.3 is 19.5 Å². The van der Waals surface area contributed by atoms with Crippen molar-refractivity contribution in [3.8, 4) is 17.6 Å². The summed E-state index contributed by atoms with van der Waals surface area (Å²) in [7, 11) is 0. The van der Waals surface area contributed by atoms with Gasteiger partial charge in [-0.3, -0.25) is 4.79 Å². The van der Waals surface area contributed by atoms with Crippen molar-refractivity contribution in [2.75, 3.05) is 19.9 Å². The zero-order valence-electron chi connectivity index (χ0n) is 12.3. The van der Waals surface area contributed by atoms with E-state index in [0.29, 0.717) is 35.2 Å². The Bertz CT molecular complexity index is 690. The summed E-state index contributed by atoms with van der Waals surface area (Å²) >= 11 is 6.15. The highest BCUT2D eigenvalue weighted by Crippen LogP contribution is 2.37. The van der Waals surface area contributed by atoms with Crippen LogP contribution in [0.3, 0.4) is 0 Å².